The van der Waals surface area contributed by atoms with E-state index in [1.165, 1.54) is 20.0 Å². The number of alkyl halides is 1. The summed E-state index contributed by atoms with van der Waals surface area (Å²) in [5, 5.41) is 21.9. The standard InChI is InChI=1S/C15H24FN3O3/c1-9(20)4-6-18-10-5-7-19-11(13(10)14(17)21)8-12(16)15(2,3)22/h5,7,9,12,20,22H,4,6,8H2,1-3H3,(H2,17,21)(H,18,19)/t9?,12-/m1/s1. The number of nitrogens with zero attached hydrogens (tertiary/aromatic N) is 1. The van der Waals surface area contributed by atoms with E-state index in [2.05, 4.69) is 10.3 Å². The van der Waals surface area contributed by atoms with Crippen molar-refractivity contribution in [2.45, 2.75) is 51.5 Å². The number of carbonyl (C=O) groups excluding carboxylic acids is 1. The summed E-state index contributed by atoms with van der Waals surface area (Å²) in [7, 11) is 0. The zero-order chi connectivity index (χ0) is 16.9. The second kappa shape index (κ2) is 7.51. The van der Waals surface area contributed by atoms with Gasteiger partial charge in [0.25, 0.3) is 5.91 Å². The Hall–Kier alpha value is -1.73. The fourth-order valence-corrected chi connectivity index (χ4v) is 1.92. The molecule has 1 amide bonds. The molecule has 5 N–H and O–H groups in total. The van der Waals surface area contributed by atoms with Crippen molar-refractivity contribution in [3.8, 4) is 0 Å². The largest absolute Gasteiger partial charge is 0.393 e. The van der Waals surface area contributed by atoms with Gasteiger partial charge in [0, 0.05) is 19.2 Å². The molecule has 0 radical (unpaired) electrons. The van der Waals surface area contributed by atoms with E-state index >= 15 is 0 Å². The topological polar surface area (TPSA) is 108 Å². The number of hydrogen-bond donors (Lipinski definition) is 4. The van der Waals surface area contributed by atoms with E-state index in [0.717, 1.165) is 0 Å². The van der Waals surface area contributed by atoms with Crippen molar-refractivity contribution in [3.63, 3.8) is 0 Å². The molecule has 2 atom stereocenters. The lowest BCUT2D eigenvalue weighted by Gasteiger charge is -2.23. The van der Waals surface area contributed by atoms with Gasteiger partial charge >= 0.3 is 0 Å². The quantitative estimate of drug-likeness (QED) is 0.573. The highest BCUT2D eigenvalue weighted by molar-refractivity contribution is 5.99. The SMILES string of the molecule is CC(O)CCNc1ccnc(C[C@@H](F)C(C)(C)O)c1C(N)=O. The van der Waals surface area contributed by atoms with E-state index in [4.69, 9.17) is 5.73 Å². The van der Waals surface area contributed by atoms with Gasteiger partial charge < -0.3 is 21.3 Å². The van der Waals surface area contributed by atoms with Crippen LogP contribution in [0.15, 0.2) is 12.3 Å². The Balaban J connectivity index is 3.00. The lowest BCUT2D eigenvalue weighted by atomic mass is 9.96. The van der Waals surface area contributed by atoms with Crippen LogP contribution in [0.4, 0.5) is 10.1 Å². The Morgan fingerprint density at radius 2 is 2.18 bits per heavy atom. The number of carbonyl (C=O) groups is 1. The van der Waals surface area contributed by atoms with Crippen molar-refractivity contribution in [1.82, 2.24) is 4.98 Å². The second-order valence-corrected chi connectivity index (χ2v) is 5.93. The Bertz CT molecular complexity index is 515. The summed E-state index contributed by atoms with van der Waals surface area (Å²) in [6, 6.07) is 1.57. The molecule has 0 bridgehead atoms. The molecular weight excluding hydrogens is 289 g/mol. The van der Waals surface area contributed by atoms with E-state index < -0.39 is 23.8 Å². The first-order valence-corrected chi connectivity index (χ1v) is 7.19. The third-order valence-electron chi connectivity index (χ3n) is 3.29. The smallest absolute Gasteiger partial charge is 0.252 e. The number of amides is 1. The number of aliphatic hydroxyl groups is 2. The van der Waals surface area contributed by atoms with Gasteiger partial charge in [-0.15, -0.1) is 0 Å². The molecule has 0 saturated heterocycles. The van der Waals surface area contributed by atoms with Gasteiger partial charge in [-0.3, -0.25) is 9.78 Å². The maximum atomic E-state index is 14.0. The highest BCUT2D eigenvalue weighted by Gasteiger charge is 2.29. The first-order chi connectivity index (χ1) is 10.1. The third kappa shape index (κ3) is 5.23. The predicted octanol–water partition coefficient (Wildman–Crippen LogP) is 1.01. The van der Waals surface area contributed by atoms with Crippen molar-refractivity contribution >= 4 is 11.6 Å². The third-order valence-corrected chi connectivity index (χ3v) is 3.29. The second-order valence-electron chi connectivity index (χ2n) is 5.93. The summed E-state index contributed by atoms with van der Waals surface area (Å²) >= 11 is 0. The molecule has 22 heavy (non-hydrogen) atoms. The van der Waals surface area contributed by atoms with E-state index in [1.807, 2.05) is 0 Å². The minimum Gasteiger partial charge on any atom is -0.393 e. The molecule has 1 rings (SSSR count). The molecule has 1 aromatic rings. The number of aliphatic hydroxyl groups excluding tert-OH is 1. The summed E-state index contributed by atoms with van der Waals surface area (Å²) in [4.78, 5) is 15.7. The van der Waals surface area contributed by atoms with Crippen molar-refractivity contribution in [1.29, 1.82) is 0 Å². The molecule has 0 fully saturated rings. The molecular formula is C15H24FN3O3. The average Bonchev–Trinajstić information content (AvgIpc) is 2.36. The number of rotatable bonds is 8. The van der Waals surface area contributed by atoms with E-state index in [0.29, 0.717) is 18.7 Å². The number of primary amides is 1. The molecule has 1 aromatic heterocycles. The fraction of sp³-hybridized carbons (Fsp3) is 0.600. The number of nitrogens with one attached hydrogen (secondary N) is 1. The molecule has 1 unspecified atom stereocenters. The zero-order valence-electron chi connectivity index (χ0n) is 13.1. The molecule has 0 aromatic carbocycles. The number of anilines is 1. The van der Waals surface area contributed by atoms with Gasteiger partial charge in [0.15, 0.2) is 0 Å². The van der Waals surface area contributed by atoms with Gasteiger partial charge in [0.05, 0.1) is 28.6 Å². The Morgan fingerprint density at radius 1 is 1.55 bits per heavy atom. The number of pyridine rings is 1. The molecule has 0 aliphatic carbocycles. The van der Waals surface area contributed by atoms with Crippen molar-refractivity contribution < 1.29 is 19.4 Å². The van der Waals surface area contributed by atoms with Crippen molar-refractivity contribution in [2.24, 2.45) is 5.73 Å². The van der Waals surface area contributed by atoms with E-state index in [9.17, 15) is 19.4 Å². The number of nitrogens with two attached hydrogens (primary N) is 1. The van der Waals surface area contributed by atoms with Crippen molar-refractivity contribution in [3.05, 3.63) is 23.5 Å². The normalized spacial score (nSPS) is 14.5. The zero-order valence-corrected chi connectivity index (χ0v) is 13.1. The Kier molecular flexibility index (Phi) is 6.25. The van der Waals surface area contributed by atoms with Gasteiger partial charge in [0.2, 0.25) is 0 Å². The molecule has 0 saturated carbocycles. The van der Waals surface area contributed by atoms with Crippen LogP contribution in [-0.2, 0) is 6.42 Å². The summed E-state index contributed by atoms with van der Waals surface area (Å²) in [5.74, 6) is -0.717. The molecule has 0 spiro atoms. The van der Waals surface area contributed by atoms with Gasteiger partial charge in [-0.05, 0) is 33.3 Å². The highest BCUT2D eigenvalue weighted by Crippen LogP contribution is 2.23. The lowest BCUT2D eigenvalue weighted by Crippen LogP contribution is -2.35. The van der Waals surface area contributed by atoms with Gasteiger partial charge in [-0.25, -0.2) is 4.39 Å². The maximum Gasteiger partial charge on any atom is 0.252 e. The van der Waals surface area contributed by atoms with Crippen LogP contribution >= 0.6 is 0 Å². The van der Waals surface area contributed by atoms with Crippen molar-refractivity contribution in [2.75, 3.05) is 11.9 Å². The van der Waals surface area contributed by atoms with E-state index in [1.54, 1.807) is 13.0 Å². The average molecular weight is 313 g/mol. The molecule has 124 valence electrons. The van der Waals surface area contributed by atoms with Gasteiger partial charge in [-0.2, -0.15) is 0 Å². The van der Waals surface area contributed by atoms with Crippen LogP contribution in [-0.4, -0.2) is 45.5 Å². The predicted molar refractivity (Wildman–Crippen MR) is 82.4 cm³/mol. The van der Waals surface area contributed by atoms with Crippen LogP contribution in [0.1, 0.15) is 43.2 Å². The molecule has 0 aliphatic rings. The summed E-state index contributed by atoms with van der Waals surface area (Å²) in [5.41, 5.74) is 4.60. The van der Waals surface area contributed by atoms with Crippen LogP contribution in [0.25, 0.3) is 0 Å². The lowest BCUT2D eigenvalue weighted by molar-refractivity contribution is -0.00307. The van der Waals surface area contributed by atoms with Crippen LogP contribution in [0, 0.1) is 0 Å². The number of aromatic nitrogens is 1. The summed E-state index contributed by atoms with van der Waals surface area (Å²) in [6.07, 6.45) is -0.329. The Labute approximate surface area is 129 Å². The van der Waals surface area contributed by atoms with E-state index in [-0.39, 0.29) is 17.7 Å². The molecule has 7 heteroatoms. The first kappa shape index (κ1) is 18.3. The summed E-state index contributed by atoms with van der Waals surface area (Å²) in [6.45, 7) is 4.80. The first-order valence-electron chi connectivity index (χ1n) is 7.19. The molecule has 1 heterocycles. The summed E-state index contributed by atoms with van der Waals surface area (Å²) < 4.78 is 14.0. The molecule has 6 nitrogen and oxygen atoms in total. The minimum absolute atomic E-state index is 0.111. The van der Waals surface area contributed by atoms with Crippen LogP contribution < -0.4 is 11.1 Å². The number of halogens is 1. The maximum absolute atomic E-state index is 14.0. The van der Waals surface area contributed by atoms with Crippen LogP contribution in [0.5, 0.6) is 0 Å². The minimum atomic E-state index is -1.58. The monoisotopic (exact) mass is 313 g/mol. The van der Waals surface area contributed by atoms with Gasteiger partial charge in [0.1, 0.15) is 6.17 Å². The van der Waals surface area contributed by atoms with Gasteiger partial charge in [-0.1, -0.05) is 0 Å². The van der Waals surface area contributed by atoms with Crippen LogP contribution in [0.3, 0.4) is 0 Å². The Morgan fingerprint density at radius 3 is 2.68 bits per heavy atom. The van der Waals surface area contributed by atoms with Crippen LogP contribution in [0.2, 0.25) is 0 Å². The number of hydrogen-bond acceptors (Lipinski definition) is 5. The molecule has 0 aliphatic heterocycles. The fourth-order valence-electron chi connectivity index (χ4n) is 1.92. The highest BCUT2D eigenvalue weighted by atomic mass is 19.1.